The molecule has 106 valence electrons. The SMILES string of the molecule is NCCNCCN1CCN(c2cccc(Cl)c2)CC1. The molecule has 1 aromatic rings. The fourth-order valence-corrected chi connectivity index (χ4v) is 2.55. The number of nitrogens with zero attached hydrogens (tertiary/aromatic N) is 2. The quantitative estimate of drug-likeness (QED) is 0.765. The van der Waals surface area contributed by atoms with E-state index in [9.17, 15) is 0 Å². The second-order valence-corrected chi connectivity index (χ2v) is 5.28. The van der Waals surface area contributed by atoms with Gasteiger partial charge in [-0.25, -0.2) is 0 Å². The van der Waals surface area contributed by atoms with Crippen LogP contribution in [0.2, 0.25) is 5.02 Å². The van der Waals surface area contributed by atoms with Gasteiger partial charge < -0.3 is 16.0 Å². The minimum absolute atomic E-state index is 0.711. The molecular formula is C14H23ClN4. The average Bonchev–Trinajstić information content (AvgIpc) is 2.44. The van der Waals surface area contributed by atoms with Gasteiger partial charge in [-0.2, -0.15) is 0 Å². The molecule has 0 atom stereocenters. The predicted molar refractivity (Wildman–Crippen MR) is 82.0 cm³/mol. The summed E-state index contributed by atoms with van der Waals surface area (Å²) in [5, 5.41) is 4.15. The van der Waals surface area contributed by atoms with Crippen molar-refractivity contribution in [2.45, 2.75) is 0 Å². The first kappa shape index (κ1) is 14.6. The first-order valence-electron chi connectivity index (χ1n) is 6.93. The first-order valence-corrected chi connectivity index (χ1v) is 7.31. The second-order valence-electron chi connectivity index (χ2n) is 4.85. The van der Waals surface area contributed by atoms with Crippen LogP contribution in [0.1, 0.15) is 0 Å². The van der Waals surface area contributed by atoms with Gasteiger partial charge >= 0.3 is 0 Å². The Hall–Kier alpha value is -0.810. The van der Waals surface area contributed by atoms with Crippen LogP contribution in [0.3, 0.4) is 0 Å². The van der Waals surface area contributed by atoms with E-state index in [0.29, 0.717) is 6.54 Å². The zero-order valence-electron chi connectivity index (χ0n) is 11.3. The number of hydrogen-bond acceptors (Lipinski definition) is 4. The average molecular weight is 283 g/mol. The minimum atomic E-state index is 0.711. The number of rotatable bonds is 6. The molecular weight excluding hydrogens is 260 g/mol. The maximum atomic E-state index is 6.04. The third-order valence-electron chi connectivity index (χ3n) is 3.47. The van der Waals surface area contributed by atoms with E-state index in [1.54, 1.807) is 0 Å². The van der Waals surface area contributed by atoms with E-state index in [2.05, 4.69) is 21.2 Å². The Morgan fingerprint density at radius 1 is 1.16 bits per heavy atom. The summed E-state index contributed by atoms with van der Waals surface area (Å²) >= 11 is 6.04. The third kappa shape index (κ3) is 4.66. The largest absolute Gasteiger partial charge is 0.369 e. The van der Waals surface area contributed by atoms with Crippen LogP contribution >= 0.6 is 11.6 Å². The van der Waals surface area contributed by atoms with Gasteiger partial charge in [0, 0.05) is 63.1 Å². The highest BCUT2D eigenvalue weighted by atomic mass is 35.5. The Balaban J connectivity index is 1.73. The lowest BCUT2D eigenvalue weighted by atomic mass is 10.2. The van der Waals surface area contributed by atoms with Crippen LogP contribution in [0.25, 0.3) is 0 Å². The fraction of sp³-hybridized carbons (Fsp3) is 0.571. The van der Waals surface area contributed by atoms with Crippen molar-refractivity contribution in [3.05, 3.63) is 29.3 Å². The summed E-state index contributed by atoms with van der Waals surface area (Å²) in [5.74, 6) is 0. The number of nitrogens with one attached hydrogen (secondary N) is 1. The second kappa shape index (κ2) is 7.70. The normalized spacial score (nSPS) is 16.8. The number of nitrogens with two attached hydrogens (primary N) is 1. The number of piperazine rings is 1. The maximum absolute atomic E-state index is 6.04. The van der Waals surface area contributed by atoms with Crippen LogP contribution in [0.4, 0.5) is 5.69 Å². The molecule has 0 saturated carbocycles. The minimum Gasteiger partial charge on any atom is -0.369 e. The Labute approximate surface area is 120 Å². The summed E-state index contributed by atoms with van der Waals surface area (Å²) in [6.45, 7) is 8.09. The van der Waals surface area contributed by atoms with Gasteiger partial charge in [-0.15, -0.1) is 0 Å². The van der Waals surface area contributed by atoms with E-state index in [1.165, 1.54) is 5.69 Å². The molecule has 1 saturated heterocycles. The van der Waals surface area contributed by atoms with Crippen molar-refractivity contribution in [1.82, 2.24) is 10.2 Å². The zero-order chi connectivity index (χ0) is 13.5. The van der Waals surface area contributed by atoms with E-state index >= 15 is 0 Å². The summed E-state index contributed by atoms with van der Waals surface area (Å²) in [5.41, 5.74) is 6.68. The maximum Gasteiger partial charge on any atom is 0.0426 e. The third-order valence-corrected chi connectivity index (χ3v) is 3.71. The van der Waals surface area contributed by atoms with Crippen LogP contribution in [-0.2, 0) is 0 Å². The molecule has 1 aliphatic heterocycles. The molecule has 1 aliphatic rings. The molecule has 5 heteroatoms. The smallest absolute Gasteiger partial charge is 0.0426 e. The molecule has 0 amide bonds. The molecule has 1 heterocycles. The lowest BCUT2D eigenvalue weighted by molar-refractivity contribution is 0.258. The van der Waals surface area contributed by atoms with Crippen molar-refractivity contribution in [2.24, 2.45) is 5.73 Å². The van der Waals surface area contributed by atoms with Crippen LogP contribution < -0.4 is 16.0 Å². The summed E-state index contributed by atoms with van der Waals surface area (Å²) in [4.78, 5) is 4.89. The van der Waals surface area contributed by atoms with Crippen molar-refractivity contribution in [3.63, 3.8) is 0 Å². The van der Waals surface area contributed by atoms with Gasteiger partial charge in [-0.3, -0.25) is 4.90 Å². The zero-order valence-corrected chi connectivity index (χ0v) is 12.1. The Morgan fingerprint density at radius 2 is 1.95 bits per heavy atom. The highest BCUT2D eigenvalue weighted by Crippen LogP contribution is 2.20. The van der Waals surface area contributed by atoms with Crippen LogP contribution in [0.15, 0.2) is 24.3 Å². The van der Waals surface area contributed by atoms with Gasteiger partial charge in [0.05, 0.1) is 0 Å². The van der Waals surface area contributed by atoms with Gasteiger partial charge in [-0.1, -0.05) is 17.7 Å². The Bertz CT molecular complexity index is 377. The molecule has 4 nitrogen and oxygen atoms in total. The molecule has 0 spiro atoms. The standard InChI is InChI=1S/C14H23ClN4/c15-13-2-1-3-14(12-13)19-10-8-18(9-11-19)7-6-17-5-4-16/h1-3,12,17H,4-11,16H2. The predicted octanol–water partition coefficient (Wildman–Crippen LogP) is 1.01. The topological polar surface area (TPSA) is 44.5 Å². The number of halogens is 1. The van der Waals surface area contributed by atoms with Gasteiger partial charge in [0.15, 0.2) is 0 Å². The van der Waals surface area contributed by atoms with Crippen molar-refractivity contribution < 1.29 is 0 Å². The summed E-state index contributed by atoms with van der Waals surface area (Å²) in [7, 11) is 0. The van der Waals surface area contributed by atoms with Crippen LogP contribution in [0.5, 0.6) is 0 Å². The molecule has 0 unspecified atom stereocenters. The molecule has 0 radical (unpaired) electrons. The van der Waals surface area contributed by atoms with Gasteiger partial charge in [-0.05, 0) is 18.2 Å². The van der Waals surface area contributed by atoms with Crippen molar-refractivity contribution in [3.8, 4) is 0 Å². The van der Waals surface area contributed by atoms with E-state index < -0.39 is 0 Å². The van der Waals surface area contributed by atoms with Crippen LogP contribution in [-0.4, -0.2) is 57.3 Å². The summed E-state index contributed by atoms with van der Waals surface area (Å²) in [6.07, 6.45) is 0. The summed E-state index contributed by atoms with van der Waals surface area (Å²) in [6, 6.07) is 8.11. The highest BCUT2D eigenvalue weighted by Gasteiger charge is 2.16. The Morgan fingerprint density at radius 3 is 2.63 bits per heavy atom. The van der Waals surface area contributed by atoms with Crippen LogP contribution in [0, 0.1) is 0 Å². The van der Waals surface area contributed by atoms with E-state index in [0.717, 1.165) is 50.8 Å². The van der Waals surface area contributed by atoms with Gasteiger partial charge in [0.2, 0.25) is 0 Å². The lowest BCUT2D eigenvalue weighted by Gasteiger charge is -2.36. The molecule has 1 fully saturated rings. The fourth-order valence-electron chi connectivity index (χ4n) is 2.37. The van der Waals surface area contributed by atoms with Gasteiger partial charge in [0.1, 0.15) is 0 Å². The Kier molecular flexibility index (Phi) is 5.92. The molecule has 1 aromatic carbocycles. The van der Waals surface area contributed by atoms with E-state index in [4.69, 9.17) is 17.3 Å². The van der Waals surface area contributed by atoms with Crippen molar-refractivity contribution in [1.29, 1.82) is 0 Å². The lowest BCUT2D eigenvalue weighted by Crippen LogP contribution is -2.48. The molecule has 0 bridgehead atoms. The van der Waals surface area contributed by atoms with Gasteiger partial charge in [0.25, 0.3) is 0 Å². The molecule has 0 aliphatic carbocycles. The highest BCUT2D eigenvalue weighted by molar-refractivity contribution is 6.30. The molecule has 0 aromatic heterocycles. The molecule has 2 rings (SSSR count). The van der Waals surface area contributed by atoms with Crippen molar-refractivity contribution in [2.75, 3.05) is 57.3 Å². The summed E-state index contributed by atoms with van der Waals surface area (Å²) < 4.78 is 0. The van der Waals surface area contributed by atoms with Crippen molar-refractivity contribution >= 4 is 17.3 Å². The number of anilines is 1. The van der Waals surface area contributed by atoms with E-state index in [1.807, 2.05) is 18.2 Å². The monoisotopic (exact) mass is 282 g/mol. The van der Waals surface area contributed by atoms with E-state index in [-0.39, 0.29) is 0 Å². The number of hydrogen-bond donors (Lipinski definition) is 2. The molecule has 19 heavy (non-hydrogen) atoms. The first-order chi connectivity index (χ1) is 9.29. The molecule has 3 N–H and O–H groups in total. The number of benzene rings is 1.